The zero-order chi connectivity index (χ0) is 16.9. The first-order valence-electron chi connectivity index (χ1n) is 7.43. The van der Waals surface area contributed by atoms with Crippen LogP contribution in [0.5, 0.6) is 0 Å². The van der Waals surface area contributed by atoms with Crippen LogP contribution in [0.25, 0.3) is 21.5 Å². The van der Waals surface area contributed by atoms with Crippen molar-refractivity contribution in [1.82, 2.24) is 5.43 Å². The number of hydrogen-bond acceptors (Lipinski definition) is 3. The Bertz CT molecular complexity index is 927. The van der Waals surface area contributed by atoms with Gasteiger partial charge in [0.2, 0.25) is 0 Å². The molecule has 0 spiro atoms. The summed E-state index contributed by atoms with van der Waals surface area (Å²) in [5, 5.41) is 17.1. The largest absolute Gasteiger partial charge is 0.438 e. The molecule has 122 valence electrons. The van der Waals surface area contributed by atoms with E-state index in [9.17, 15) is 18.3 Å². The number of hydrogen-bond donors (Lipinski definition) is 2. The Hall–Kier alpha value is -2.60. The lowest BCUT2D eigenvalue weighted by Gasteiger charge is -2.24. The minimum absolute atomic E-state index is 0.197. The molecule has 3 aromatic rings. The van der Waals surface area contributed by atoms with Crippen molar-refractivity contribution < 1.29 is 18.3 Å². The summed E-state index contributed by atoms with van der Waals surface area (Å²) in [5.74, 6) is 0. The fraction of sp³-hybridized carbons (Fsp3) is 0.167. The van der Waals surface area contributed by atoms with Gasteiger partial charge in [-0.15, -0.1) is 0 Å². The Morgan fingerprint density at radius 2 is 1.50 bits per heavy atom. The van der Waals surface area contributed by atoms with E-state index in [4.69, 9.17) is 0 Å². The van der Waals surface area contributed by atoms with Gasteiger partial charge in [0, 0.05) is 5.56 Å². The average molecular weight is 330 g/mol. The van der Waals surface area contributed by atoms with E-state index in [1.165, 1.54) is 0 Å². The van der Waals surface area contributed by atoms with Gasteiger partial charge in [0.05, 0.1) is 12.1 Å². The van der Waals surface area contributed by atoms with Crippen LogP contribution in [0.2, 0.25) is 0 Å². The topological polar surface area (TPSA) is 44.6 Å². The van der Waals surface area contributed by atoms with Crippen molar-refractivity contribution in [3.05, 3.63) is 60.2 Å². The van der Waals surface area contributed by atoms with E-state index < -0.39 is 18.3 Å². The van der Waals surface area contributed by atoms with Crippen LogP contribution in [0.4, 0.5) is 13.2 Å². The van der Waals surface area contributed by atoms with Crippen LogP contribution in [0, 0.1) is 0 Å². The van der Waals surface area contributed by atoms with Crippen molar-refractivity contribution in [2.75, 3.05) is 0 Å². The first-order chi connectivity index (χ1) is 11.4. The molecule has 24 heavy (non-hydrogen) atoms. The van der Waals surface area contributed by atoms with Crippen molar-refractivity contribution in [1.29, 1.82) is 0 Å². The third-order valence-corrected chi connectivity index (χ3v) is 4.33. The second-order valence-electron chi connectivity index (χ2n) is 5.90. The Morgan fingerprint density at radius 3 is 2.00 bits per heavy atom. The SMILES string of the molecule is O[C@@]1(C(F)(F)F)CC(c2c3ccccc3cc3ccccc23)=NN1. The molecular weight excluding hydrogens is 317 g/mol. The van der Waals surface area contributed by atoms with Gasteiger partial charge in [-0.25, -0.2) is 0 Å². The van der Waals surface area contributed by atoms with Gasteiger partial charge in [-0.1, -0.05) is 48.5 Å². The molecule has 0 bridgehead atoms. The second kappa shape index (κ2) is 4.95. The highest BCUT2D eigenvalue weighted by atomic mass is 19.4. The van der Waals surface area contributed by atoms with E-state index in [0.29, 0.717) is 5.56 Å². The number of hydrazone groups is 1. The summed E-state index contributed by atoms with van der Waals surface area (Å²) in [7, 11) is 0. The highest BCUT2D eigenvalue weighted by Crippen LogP contribution is 2.38. The molecule has 3 nitrogen and oxygen atoms in total. The minimum Gasteiger partial charge on any atom is -0.362 e. The van der Waals surface area contributed by atoms with E-state index in [1.54, 1.807) is 0 Å². The summed E-state index contributed by atoms with van der Waals surface area (Å²) >= 11 is 0. The molecule has 0 radical (unpaired) electrons. The lowest BCUT2D eigenvalue weighted by molar-refractivity contribution is -0.266. The Balaban J connectivity index is 1.96. The van der Waals surface area contributed by atoms with Crippen molar-refractivity contribution in [2.24, 2.45) is 5.10 Å². The van der Waals surface area contributed by atoms with Gasteiger partial charge in [-0.3, -0.25) is 5.43 Å². The van der Waals surface area contributed by atoms with Gasteiger partial charge in [0.25, 0.3) is 5.72 Å². The molecule has 6 heteroatoms. The van der Waals surface area contributed by atoms with E-state index in [2.05, 4.69) is 5.10 Å². The van der Waals surface area contributed by atoms with Crippen molar-refractivity contribution in [2.45, 2.75) is 18.3 Å². The first-order valence-corrected chi connectivity index (χ1v) is 7.43. The molecule has 0 aromatic heterocycles. The predicted molar refractivity (Wildman–Crippen MR) is 86.7 cm³/mol. The van der Waals surface area contributed by atoms with Crippen LogP contribution in [0.1, 0.15) is 12.0 Å². The molecule has 0 saturated carbocycles. The number of benzene rings is 3. The second-order valence-corrected chi connectivity index (χ2v) is 5.90. The van der Waals surface area contributed by atoms with Crippen LogP contribution in [0.15, 0.2) is 59.7 Å². The fourth-order valence-corrected chi connectivity index (χ4v) is 3.11. The third-order valence-electron chi connectivity index (χ3n) is 4.33. The Labute approximate surface area is 135 Å². The van der Waals surface area contributed by atoms with Crippen LogP contribution in [0.3, 0.4) is 0 Å². The molecule has 1 heterocycles. The summed E-state index contributed by atoms with van der Waals surface area (Å²) in [6.45, 7) is 0. The molecule has 0 aliphatic carbocycles. The summed E-state index contributed by atoms with van der Waals surface area (Å²) in [6, 6.07) is 16.9. The van der Waals surface area contributed by atoms with E-state index in [-0.39, 0.29) is 5.71 Å². The maximum atomic E-state index is 13.1. The van der Waals surface area contributed by atoms with Gasteiger partial charge in [0.15, 0.2) is 0 Å². The predicted octanol–water partition coefficient (Wildman–Crippen LogP) is 3.94. The van der Waals surface area contributed by atoms with E-state index in [1.807, 2.05) is 60.0 Å². The molecule has 4 rings (SSSR count). The quantitative estimate of drug-likeness (QED) is 0.664. The van der Waals surface area contributed by atoms with Crippen molar-refractivity contribution in [3.63, 3.8) is 0 Å². The number of fused-ring (bicyclic) bond motifs is 2. The highest BCUT2D eigenvalue weighted by Gasteiger charge is 2.57. The molecule has 3 aromatic carbocycles. The Morgan fingerprint density at radius 1 is 0.958 bits per heavy atom. The van der Waals surface area contributed by atoms with E-state index >= 15 is 0 Å². The molecule has 1 aliphatic rings. The fourth-order valence-electron chi connectivity index (χ4n) is 3.11. The third kappa shape index (κ3) is 2.14. The number of nitrogens with zero attached hydrogens (tertiary/aromatic N) is 1. The smallest absolute Gasteiger partial charge is 0.362 e. The number of halogens is 3. The minimum atomic E-state index is -4.81. The Kier molecular flexibility index (Phi) is 3.08. The molecule has 0 saturated heterocycles. The van der Waals surface area contributed by atoms with Gasteiger partial charge in [-0.05, 0) is 27.6 Å². The maximum absolute atomic E-state index is 13.1. The summed E-state index contributed by atoms with van der Waals surface area (Å²) in [5.41, 5.74) is -0.339. The summed E-state index contributed by atoms with van der Waals surface area (Å²) < 4.78 is 39.2. The average Bonchev–Trinajstić information content (AvgIpc) is 2.95. The number of aliphatic hydroxyl groups is 1. The number of rotatable bonds is 1. The van der Waals surface area contributed by atoms with Crippen LogP contribution >= 0.6 is 0 Å². The molecule has 2 N–H and O–H groups in total. The van der Waals surface area contributed by atoms with Gasteiger partial charge < -0.3 is 5.11 Å². The zero-order valence-electron chi connectivity index (χ0n) is 12.4. The normalized spacial score (nSPS) is 21.1. The number of nitrogens with one attached hydrogen (secondary N) is 1. The van der Waals surface area contributed by atoms with Crippen LogP contribution in [-0.2, 0) is 0 Å². The van der Waals surface area contributed by atoms with E-state index in [0.717, 1.165) is 21.5 Å². The lowest BCUT2D eigenvalue weighted by Crippen LogP contribution is -2.52. The molecule has 1 atom stereocenters. The standard InChI is InChI=1S/C18H13F3N2O/c19-18(20,21)17(24)10-15(22-23-17)16-13-7-3-1-5-11(13)9-12-6-2-4-8-14(12)16/h1-9,23-24H,10H2/t17-/m1/s1. The van der Waals surface area contributed by atoms with Crippen molar-refractivity contribution >= 4 is 27.3 Å². The zero-order valence-corrected chi connectivity index (χ0v) is 12.4. The highest BCUT2D eigenvalue weighted by molar-refractivity contribution is 6.21. The molecular formula is C18H13F3N2O. The monoisotopic (exact) mass is 330 g/mol. The maximum Gasteiger partial charge on any atom is 0.438 e. The summed E-state index contributed by atoms with van der Waals surface area (Å²) in [6.07, 6.45) is -5.44. The molecule has 1 aliphatic heterocycles. The van der Waals surface area contributed by atoms with Gasteiger partial charge in [0.1, 0.15) is 0 Å². The first kappa shape index (κ1) is 15.0. The molecule has 0 fully saturated rings. The molecule has 0 amide bonds. The van der Waals surface area contributed by atoms with Gasteiger partial charge >= 0.3 is 6.18 Å². The lowest BCUT2D eigenvalue weighted by atomic mass is 9.91. The van der Waals surface area contributed by atoms with Crippen LogP contribution in [-0.4, -0.2) is 22.7 Å². The van der Waals surface area contributed by atoms with Crippen molar-refractivity contribution in [3.8, 4) is 0 Å². The molecule has 0 unspecified atom stereocenters. The summed E-state index contributed by atoms with van der Waals surface area (Å²) in [4.78, 5) is 0. The van der Waals surface area contributed by atoms with Crippen LogP contribution < -0.4 is 5.43 Å². The number of alkyl halides is 3. The van der Waals surface area contributed by atoms with Gasteiger partial charge in [-0.2, -0.15) is 18.3 Å².